The average Bonchev–Trinajstić information content (AvgIpc) is 2.18. The van der Waals surface area contributed by atoms with Gasteiger partial charge in [-0.1, -0.05) is 12.8 Å². The lowest BCUT2D eigenvalue weighted by molar-refractivity contribution is -0.104. The van der Waals surface area contributed by atoms with Crippen molar-refractivity contribution in [3.05, 3.63) is 0 Å². The first kappa shape index (κ1) is 13.8. The number of rotatable bonds is 10. The van der Waals surface area contributed by atoms with Gasteiger partial charge in [0.15, 0.2) is 6.29 Å². The van der Waals surface area contributed by atoms with Crippen molar-refractivity contribution in [3.8, 4) is 0 Å². The molecule has 5 N–H and O–H groups in total. The van der Waals surface area contributed by atoms with Crippen LogP contribution in [-0.2, 0) is 4.74 Å². The van der Waals surface area contributed by atoms with Gasteiger partial charge in [0.05, 0.1) is 6.61 Å². The zero-order chi connectivity index (χ0) is 10.6. The van der Waals surface area contributed by atoms with Crippen molar-refractivity contribution in [2.24, 2.45) is 11.5 Å². The Kier molecular flexibility index (Phi) is 10.8. The van der Waals surface area contributed by atoms with E-state index in [0.29, 0.717) is 13.2 Å². The molecule has 1 atom stereocenters. The Labute approximate surface area is 86.6 Å². The fourth-order valence-corrected chi connectivity index (χ4v) is 1.20. The largest absolute Gasteiger partial charge is 0.368 e. The van der Waals surface area contributed by atoms with E-state index in [-0.39, 0.29) is 0 Å². The van der Waals surface area contributed by atoms with Gasteiger partial charge < -0.3 is 21.3 Å². The van der Waals surface area contributed by atoms with Crippen LogP contribution in [0.5, 0.6) is 0 Å². The molecule has 0 aromatic carbocycles. The van der Waals surface area contributed by atoms with E-state index < -0.39 is 6.29 Å². The first-order chi connectivity index (χ1) is 6.81. The third kappa shape index (κ3) is 9.92. The number of nitrogens with two attached hydrogens (primary N) is 2. The molecule has 0 amide bonds. The van der Waals surface area contributed by atoms with Gasteiger partial charge in [0.1, 0.15) is 0 Å². The second-order valence-corrected chi connectivity index (χ2v) is 3.46. The monoisotopic (exact) mass is 204 g/mol. The standard InChI is InChI=1S/C10H24N2O2/c11-7-4-2-1-3-6-10(13)14-9-5-8-12/h10,13H,1-9,11-12H2. The predicted octanol–water partition coefficient (Wildman–Crippen LogP) is 0.579. The molecule has 4 nitrogen and oxygen atoms in total. The lowest BCUT2D eigenvalue weighted by Gasteiger charge is -2.11. The van der Waals surface area contributed by atoms with Crippen molar-refractivity contribution < 1.29 is 9.84 Å². The Morgan fingerprint density at radius 1 is 0.929 bits per heavy atom. The Balaban J connectivity index is 3.06. The van der Waals surface area contributed by atoms with Gasteiger partial charge in [-0.3, -0.25) is 0 Å². The fourth-order valence-electron chi connectivity index (χ4n) is 1.20. The normalized spacial score (nSPS) is 13.1. The van der Waals surface area contributed by atoms with Gasteiger partial charge in [-0.2, -0.15) is 0 Å². The lowest BCUT2D eigenvalue weighted by Crippen LogP contribution is -2.14. The molecule has 0 radical (unpaired) electrons. The minimum atomic E-state index is -0.612. The molecule has 0 saturated heterocycles. The molecule has 0 aliphatic heterocycles. The van der Waals surface area contributed by atoms with E-state index in [1.165, 1.54) is 0 Å². The molecule has 14 heavy (non-hydrogen) atoms. The highest BCUT2D eigenvalue weighted by atomic mass is 16.6. The molecular weight excluding hydrogens is 180 g/mol. The smallest absolute Gasteiger partial charge is 0.154 e. The van der Waals surface area contributed by atoms with Gasteiger partial charge >= 0.3 is 0 Å². The van der Waals surface area contributed by atoms with Crippen LogP contribution in [0.2, 0.25) is 0 Å². The van der Waals surface area contributed by atoms with E-state index in [1.807, 2.05) is 0 Å². The molecule has 0 heterocycles. The molecule has 0 spiro atoms. The van der Waals surface area contributed by atoms with Gasteiger partial charge in [-0.05, 0) is 38.8 Å². The Hall–Kier alpha value is -0.160. The molecule has 0 aromatic rings. The van der Waals surface area contributed by atoms with E-state index in [1.54, 1.807) is 0 Å². The maximum absolute atomic E-state index is 9.34. The zero-order valence-corrected chi connectivity index (χ0v) is 8.95. The van der Waals surface area contributed by atoms with Gasteiger partial charge in [-0.15, -0.1) is 0 Å². The van der Waals surface area contributed by atoms with Gasteiger partial charge in [0.2, 0.25) is 0 Å². The highest BCUT2D eigenvalue weighted by Gasteiger charge is 2.02. The number of hydrogen-bond donors (Lipinski definition) is 3. The van der Waals surface area contributed by atoms with Crippen LogP contribution >= 0.6 is 0 Å². The summed E-state index contributed by atoms with van der Waals surface area (Å²) in [6.07, 6.45) is 5.26. The summed E-state index contributed by atoms with van der Waals surface area (Å²) in [5, 5.41) is 9.34. The van der Waals surface area contributed by atoms with E-state index in [4.69, 9.17) is 16.2 Å². The minimum Gasteiger partial charge on any atom is -0.368 e. The van der Waals surface area contributed by atoms with Crippen molar-refractivity contribution in [2.75, 3.05) is 19.7 Å². The van der Waals surface area contributed by atoms with Gasteiger partial charge in [-0.25, -0.2) is 0 Å². The van der Waals surface area contributed by atoms with Crippen molar-refractivity contribution in [1.82, 2.24) is 0 Å². The van der Waals surface area contributed by atoms with Crippen LogP contribution in [0.15, 0.2) is 0 Å². The van der Waals surface area contributed by atoms with Crippen LogP contribution < -0.4 is 11.5 Å². The van der Waals surface area contributed by atoms with Crippen LogP contribution in [0.25, 0.3) is 0 Å². The maximum atomic E-state index is 9.34. The van der Waals surface area contributed by atoms with Crippen LogP contribution in [0.1, 0.15) is 38.5 Å². The summed E-state index contributed by atoms with van der Waals surface area (Å²) in [4.78, 5) is 0. The zero-order valence-electron chi connectivity index (χ0n) is 8.95. The number of hydrogen-bond acceptors (Lipinski definition) is 4. The molecule has 0 bridgehead atoms. The highest BCUT2D eigenvalue weighted by Crippen LogP contribution is 2.06. The van der Waals surface area contributed by atoms with Crippen molar-refractivity contribution in [2.45, 2.75) is 44.8 Å². The summed E-state index contributed by atoms with van der Waals surface area (Å²) in [7, 11) is 0. The van der Waals surface area contributed by atoms with E-state index in [0.717, 1.165) is 45.1 Å². The summed E-state index contributed by atoms with van der Waals surface area (Å²) in [5.41, 5.74) is 10.7. The van der Waals surface area contributed by atoms with Crippen molar-refractivity contribution in [1.29, 1.82) is 0 Å². The van der Waals surface area contributed by atoms with E-state index >= 15 is 0 Å². The molecule has 0 rings (SSSR count). The Morgan fingerprint density at radius 3 is 2.21 bits per heavy atom. The van der Waals surface area contributed by atoms with E-state index in [9.17, 15) is 5.11 Å². The number of unbranched alkanes of at least 4 members (excludes halogenated alkanes) is 3. The van der Waals surface area contributed by atoms with Crippen LogP contribution in [-0.4, -0.2) is 31.1 Å². The predicted molar refractivity (Wildman–Crippen MR) is 57.8 cm³/mol. The topological polar surface area (TPSA) is 81.5 Å². The quantitative estimate of drug-likeness (QED) is 0.359. The maximum Gasteiger partial charge on any atom is 0.154 e. The highest BCUT2D eigenvalue weighted by molar-refractivity contribution is 4.48. The summed E-state index contributed by atoms with van der Waals surface area (Å²) < 4.78 is 5.14. The number of aliphatic hydroxyl groups is 1. The Morgan fingerprint density at radius 2 is 1.57 bits per heavy atom. The lowest BCUT2D eigenvalue weighted by atomic mass is 10.1. The van der Waals surface area contributed by atoms with Crippen LogP contribution in [0.3, 0.4) is 0 Å². The molecule has 0 aliphatic rings. The molecular formula is C10H24N2O2. The molecule has 0 aromatic heterocycles. The molecule has 4 heteroatoms. The van der Waals surface area contributed by atoms with E-state index in [2.05, 4.69) is 0 Å². The molecule has 86 valence electrons. The number of aliphatic hydroxyl groups excluding tert-OH is 1. The molecule has 0 fully saturated rings. The second kappa shape index (κ2) is 10.9. The van der Waals surface area contributed by atoms with Crippen molar-refractivity contribution in [3.63, 3.8) is 0 Å². The summed E-state index contributed by atoms with van der Waals surface area (Å²) in [6, 6.07) is 0. The van der Waals surface area contributed by atoms with Crippen LogP contribution in [0.4, 0.5) is 0 Å². The summed E-state index contributed by atoms with van der Waals surface area (Å²) >= 11 is 0. The Bertz CT molecular complexity index is 112. The van der Waals surface area contributed by atoms with Crippen LogP contribution in [0, 0.1) is 0 Å². The van der Waals surface area contributed by atoms with Gasteiger partial charge in [0, 0.05) is 0 Å². The van der Waals surface area contributed by atoms with Crippen molar-refractivity contribution >= 4 is 0 Å². The molecule has 0 saturated carbocycles. The van der Waals surface area contributed by atoms with Gasteiger partial charge in [0.25, 0.3) is 0 Å². The summed E-state index contributed by atoms with van der Waals surface area (Å²) in [5.74, 6) is 0. The SMILES string of the molecule is NCCCCCCC(O)OCCCN. The first-order valence-electron chi connectivity index (χ1n) is 5.51. The third-order valence-electron chi connectivity index (χ3n) is 2.06. The second-order valence-electron chi connectivity index (χ2n) is 3.46. The number of ether oxygens (including phenoxy) is 1. The molecule has 0 aliphatic carbocycles. The minimum absolute atomic E-state index is 0.556. The average molecular weight is 204 g/mol. The third-order valence-corrected chi connectivity index (χ3v) is 2.06. The fraction of sp³-hybridized carbons (Fsp3) is 1.00. The summed E-state index contributed by atoms with van der Waals surface area (Å²) in [6.45, 7) is 1.93. The molecule has 1 unspecified atom stereocenters. The first-order valence-corrected chi connectivity index (χ1v) is 5.51.